The van der Waals surface area contributed by atoms with Crippen LogP contribution in [-0.4, -0.2) is 68.5 Å². The lowest BCUT2D eigenvalue weighted by Crippen LogP contribution is -2.30. The summed E-state index contributed by atoms with van der Waals surface area (Å²) in [6.07, 6.45) is -1.50. The molecule has 0 aliphatic heterocycles. The summed E-state index contributed by atoms with van der Waals surface area (Å²) in [4.78, 5) is 35.8. The van der Waals surface area contributed by atoms with Crippen molar-refractivity contribution in [2.24, 2.45) is 0 Å². The van der Waals surface area contributed by atoms with Crippen molar-refractivity contribution in [1.29, 1.82) is 0 Å². The lowest BCUT2D eigenvalue weighted by molar-refractivity contribution is 0.0780. The molecule has 0 saturated heterocycles. The van der Waals surface area contributed by atoms with Crippen LogP contribution in [0.15, 0.2) is 0 Å². The van der Waals surface area contributed by atoms with Gasteiger partial charge in [-0.05, 0) is 0 Å². The van der Waals surface area contributed by atoms with E-state index in [1.165, 1.54) is 0 Å². The van der Waals surface area contributed by atoms with Gasteiger partial charge in [-0.1, -0.05) is 0 Å². The smallest absolute Gasteiger partial charge is 0.339 e. The zero-order valence-corrected chi connectivity index (χ0v) is 10.8. The molecule has 0 unspecified atom stereocenters. The van der Waals surface area contributed by atoms with E-state index in [0.29, 0.717) is 0 Å². The minimum absolute atomic E-state index is 0.0144. The molecule has 5 N–H and O–H groups in total. The third-order valence-corrected chi connectivity index (χ3v) is 3.09. The summed E-state index contributed by atoms with van der Waals surface area (Å²) < 4.78 is 26.3. The Bertz CT molecular complexity index is 274. The second kappa shape index (κ2) is 7.58. The van der Waals surface area contributed by atoms with Crippen LogP contribution in [0.2, 0.25) is 0 Å². The van der Waals surface area contributed by atoms with Gasteiger partial charge in [0.15, 0.2) is 0 Å². The van der Waals surface area contributed by atoms with Crippen molar-refractivity contribution in [2.45, 2.75) is 0 Å². The fourth-order valence-electron chi connectivity index (χ4n) is 1.07. The van der Waals surface area contributed by atoms with Gasteiger partial charge in [-0.2, -0.15) is 0 Å². The summed E-state index contributed by atoms with van der Waals surface area (Å²) in [7, 11) is -8.77. The number of nitrogens with zero attached hydrogens (tertiary/aromatic N) is 1. The predicted octanol–water partition coefficient (Wildman–Crippen LogP) is -1.43. The van der Waals surface area contributed by atoms with Crippen LogP contribution in [-0.2, 0) is 13.9 Å². The number of hydrogen-bond acceptors (Lipinski definition) is 5. The third-order valence-electron chi connectivity index (χ3n) is 1.56. The highest BCUT2D eigenvalue weighted by molar-refractivity contribution is 7.52. The van der Waals surface area contributed by atoms with E-state index in [-0.39, 0.29) is 26.4 Å². The van der Waals surface area contributed by atoms with Crippen molar-refractivity contribution < 1.29 is 38.5 Å². The molecule has 0 atom stereocenters. The molecular weight excluding hydrogens is 276 g/mol. The van der Waals surface area contributed by atoms with Gasteiger partial charge < -0.3 is 29.4 Å². The first-order valence-electron chi connectivity index (χ1n) is 4.64. The van der Waals surface area contributed by atoms with Gasteiger partial charge in [-0.25, -0.2) is 0 Å². The molecule has 0 aliphatic carbocycles. The van der Waals surface area contributed by atoms with Crippen LogP contribution in [0.1, 0.15) is 0 Å². The standard InChI is InChI=1S/C6H17NO8P2/c8-2-4-15-3-1-7(5-16(9,10)11)6-17(12,13)14/h8H,1-6H2,(H2,9,10,11)(H2,12,13,14). The molecule has 9 nitrogen and oxygen atoms in total. The minimum Gasteiger partial charge on any atom is -0.394 e. The summed E-state index contributed by atoms with van der Waals surface area (Å²) >= 11 is 0. The SMILES string of the molecule is O=P(O)(O)CN(CCOCCO)CP(=O)(O)O. The molecule has 0 fully saturated rings. The Labute approximate surface area is 98.3 Å². The third kappa shape index (κ3) is 12.4. The Morgan fingerprint density at radius 1 is 0.941 bits per heavy atom. The summed E-state index contributed by atoms with van der Waals surface area (Å²) in [5.74, 6) is 0. The first kappa shape index (κ1) is 17.2. The zero-order valence-electron chi connectivity index (χ0n) is 9.05. The molecule has 0 heterocycles. The first-order valence-corrected chi connectivity index (χ1v) is 8.24. The van der Waals surface area contributed by atoms with E-state index in [2.05, 4.69) is 0 Å². The van der Waals surface area contributed by atoms with Crippen molar-refractivity contribution in [2.75, 3.05) is 38.9 Å². The Balaban J connectivity index is 4.21. The fraction of sp³-hybridized carbons (Fsp3) is 1.00. The molecule has 0 amide bonds. The number of aliphatic hydroxyl groups is 1. The van der Waals surface area contributed by atoms with E-state index in [9.17, 15) is 9.13 Å². The van der Waals surface area contributed by atoms with Gasteiger partial charge in [0.05, 0.1) is 19.8 Å². The van der Waals surface area contributed by atoms with Crippen LogP contribution in [0.25, 0.3) is 0 Å². The molecule has 0 aliphatic rings. The average molecular weight is 293 g/mol. The van der Waals surface area contributed by atoms with E-state index in [1.807, 2.05) is 0 Å². The molecule has 0 bridgehead atoms. The maximum absolute atomic E-state index is 10.7. The molecule has 11 heteroatoms. The van der Waals surface area contributed by atoms with Gasteiger partial charge in [-0.3, -0.25) is 14.0 Å². The van der Waals surface area contributed by atoms with Gasteiger partial charge in [0.25, 0.3) is 0 Å². The number of rotatable bonds is 9. The van der Waals surface area contributed by atoms with Crippen LogP contribution in [0.4, 0.5) is 0 Å². The molecule has 0 aromatic heterocycles. The van der Waals surface area contributed by atoms with E-state index in [4.69, 9.17) is 29.4 Å². The predicted molar refractivity (Wildman–Crippen MR) is 58.4 cm³/mol. The molecule has 0 saturated carbocycles. The Hall–Kier alpha value is 0.180. The van der Waals surface area contributed by atoms with Crippen molar-refractivity contribution in [3.05, 3.63) is 0 Å². The molecule has 0 aromatic rings. The molecule has 104 valence electrons. The monoisotopic (exact) mass is 293 g/mol. The highest BCUT2D eigenvalue weighted by atomic mass is 31.2. The quantitative estimate of drug-likeness (QED) is 0.255. The van der Waals surface area contributed by atoms with Crippen molar-refractivity contribution in [3.8, 4) is 0 Å². The average Bonchev–Trinajstić information content (AvgIpc) is 2.06. The van der Waals surface area contributed by atoms with Gasteiger partial charge in [0.2, 0.25) is 0 Å². The summed E-state index contributed by atoms with van der Waals surface area (Å²) in [6.45, 7) is -0.173. The lowest BCUT2D eigenvalue weighted by atomic mass is 10.6. The van der Waals surface area contributed by atoms with Crippen LogP contribution in [0.5, 0.6) is 0 Å². The van der Waals surface area contributed by atoms with E-state index < -0.39 is 27.8 Å². The van der Waals surface area contributed by atoms with Crippen LogP contribution >= 0.6 is 15.2 Å². The van der Waals surface area contributed by atoms with Gasteiger partial charge >= 0.3 is 15.2 Å². The van der Waals surface area contributed by atoms with Crippen molar-refractivity contribution in [1.82, 2.24) is 4.90 Å². The fourth-order valence-corrected chi connectivity index (χ4v) is 2.75. The minimum atomic E-state index is -4.39. The maximum Gasteiger partial charge on any atom is 0.339 e. The second-order valence-corrected chi connectivity index (χ2v) is 6.57. The van der Waals surface area contributed by atoms with Crippen LogP contribution in [0.3, 0.4) is 0 Å². The van der Waals surface area contributed by atoms with Crippen LogP contribution < -0.4 is 0 Å². The first-order chi connectivity index (χ1) is 7.64. The molecule has 0 radical (unpaired) electrons. The summed E-state index contributed by atoms with van der Waals surface area (Å²) in [5, 5.41) is 8.42. The van der Waals surface area contributed by atoms with Crippen molar-refractivity contribution in [3.63, 3.8) is 0 Å². The largest absolute Gasteiger partial charge is 0.394 e. The van der Waals surface area contributed by atoms with Crippen molar-refractivity contribution >= 4 is 15.2 Å². The highest BCUT2D eigenvalue weighted by Crippen LogP contribution is 2.40. The Morgan fingerprint density at radius 3 is 1.76 bits per heavy atom. The number of aliphatic hydroxyl groups excluding tert-OH is 1. The van der Waals surface area contributed by atoms with Gasteiger partial charge in [0.1, 0.15) is 12.6 Å². The zero-order chi connectivity index (χ0) is 13.5. The normalized spacial score (nSPS) is 13.3. The molecule has 0 rings (SSSR count). The summed E-state index contributed by atoms with van der Waals surface area (Å²) in [6, 6.07) is 0. The van der Waals surface area contributed by atoms with Crippen LogP contribution in [0, 0.1) is 0 Å². The number of ether oxygens (including phenoxy) is 1. The van der Waals surface area contributed by atoms with E-state index in [1.54, 1.807) is 0 Å². The highest BCUT2D eigenvalue weighted by Gasteiger charge is 2.25. The second-order valence-electron chi connectivity index (χ2n) is 3.34. The van der Waals surface area contributed by atoms with E-state index in [0.717, 1.165) is 4.90 Å². The Kier molecular flexibility index (Phi) is 7.66. The molecule has 0 aromatic carbocycles. The molecular formula is C6H17NO8P2. The van der Waals surface area contributed by atoms with E-state index >= 15 is 0 Å². The summed E-state index contributed by atoms with van der Waals surface area (Å²) in [5.41, 5.74) is 0. The molecule has 17 heavy (non-hydrogen) atoms. The number of hydrogen-bond donors (Lipinski definition) is 5. The topological polar surface area (TPSA) is 148 Å². The maximum atomic E-state index is 10.7. The lowest BCUT2D eigenvalue weighted by Gasteiger charge is -2.22. The molecule has 0 spiro atoms. The van der Waals surface area contributed by atoms with Gasteiger partial charge in [0, 0.05) is 6.54 Å². The van der Waals surface area contributed by atoms with Gasteiger partial charge in [-0.15, -0.1) is 0 Å². The Morgan fingerprint density at radius 2 is 1.41 bits per heavy atom.